The monoisotopic (exact) mass is 364 g/mol. The van der Waals surface area contributed by atoms with Crippen LogP contribution in [0.2, 0.25) is 0 Å². The number of hydrogen-bond donors (Lipinski definition) is 1. The maximum atomic E-state index is 12.5. The lowest BCUT2D eigenvalue weighted by atomic mass is 10.2. The molecule has 1 aromatic heterocycles. The molecule has 1 N–H and O–H groups in total. The minimum absolute atomic E-state index is 0.382. The predicted octanol–water partition coefficient (Wildman–Crippen LogP) is 2.88. The number of nitrogens with one attached hydrogen (secondary N) is 1. The quantitative estimate of drug-likeness (QED) is 0.728. The van der Waals surface area contributed by atoms with Crippen LogP contribution >= 0.6 is 0 Å². The van der Waals surface area contributed by atoms with Crippen LogP contribution in [0.1, 0.15) is 5.56 Å². The van der Waals surface area contributed by atoms with E-state index in [1.807, 2.05) is 24.3 Å². The first-order valence-corrected chi connectivity index (χ1v) is 8.84. The molecule has 0 aliphatic carbocycles. The van der Waals surface area contributed by atoms with Crippen molar-refractivity contribution in [3.05, 3.63) is 66.5 Å². The molecule has 3 aromatic rings. The van der Waals surface area contributed by atoms with E-state index in [0.29, 0.717) is 6.54 Å². The minimum Gasteiger partial charge on any atom is -0.379 e. The topological polar surface area (TPSA) is 76.9 Å². The number of benzene rings is 2. The van der Waals surface area contributed by atoms with Crippen LogP contribution < -0.4 is 5.32 Å². The predicted molar refractivity (Wildman–Crippen MR) is 88.3 cm³/mol. The summed E-state index contributed by atoms with van der Waals surface area (Å²) in [7, 11) is -4.57. The second kappa shape index (κ2) is 6.98. The van der Waals surface area contributed by atoms with E-state index >= 15 is 0 Å². The molecule has 9 heteroatoms. The van der Waals surface area contributed by atoms with E-state index in [4.69, 9.17) is 0 Å². The van der Waals surface area contributed by atoms with Crippen LogP contribution in [0.25, 0.3) is 5.69 Å². The average molecular weight is 364 g/mol. The average Bonchev–Trinajstić information content (AvgIpc) is 3.15. The number of para-hydroxylation sites is 2. The molecule has 0 spiro atoms. The molecular weight excluding hydrogens is 350 g/mol. The minimum atomic E-state index is -4.57. The highest BCUT2D eigenvalue weighted by Gasteiger charge is 2.26. The summed E-state index contributed by atoms with van der Waals surface area (Å²) in [6.45, 7) is 0.382. The van der Waals surface area contributed by atoms with Gasteiger partial charge in [0, 0.05) is 6.54 Å². The lowest BCUT2D eigenvalue weighted by molar-refractivity contribution is 0.234. The van der Waals surface area contributed by atoms with Crippen LogP contribution in [0, 0.1) is 0 Å². The first-order valence-electron chi connectivity index (χ1n) is 7.29. The molecule has 0 amide bonds. The summed E-state index contributed by atoms with van der Waals surface area (Å²) in [5.74, 6) is -3.43. The molecule has 0 fully saturated rings. The third kappa shape index (κ3) is 3.66. The number of aromatic nitrogens is 3. The number of hydrogen-bond acceptors (Lipinski definition) is 5. The van der Waals surface area contributed by atoms with Crippen LogP contribution in [0.3, 0.4) is 0 Å². The van der Waals surface area contributed by atoms with Gasteiger partial charge in [0.05, 0.1) is 23.0 Å². The largest absolute Gasteiger partial charge is 0.379 e. The van der Waals surface area contributed by atoms with Gasteiger partial charge >= 0.3 is 5.76 Å². The Morgan fingerprint density at radius 3 is 2.28 bits per heavy atom. The molecule has 25 heavy (non-hydrogen) atoms. The number of alkyl halides is 2. The Bertz CT molecular complexity index is 943. The van der Waals surface area contributed by atoms with Crippen LogP contribution in [-0.4, -0.2) is 29.2 Å². The van der Waals surface area contributed by atoms with Crippen LogP contribution in [0.5, 0.6) is 0 Å². The third-order valence-corrected chi connectivity index (χ3v) is 4.91. The summed E-state index contributed by atoms with van der Waals surface area (Å²) in [5, 5.41) is 11.4. The van der Waals surface area contributed by atoms with E-state index in [1.165, 1.54) is 29.1 Å². The van der Waals surface area contributed by atoms with Gasteiger partial charge in [0.2, 0.25) is 9.84 Å². The summed E-state index contributed by atoms with van der Waals surface area (Å²) in [6.07, 6.45) is 3.14. The van der Waals surface area contributed by atoms with Crippen molar-refractivity contribution in [3.63, 3.8) is 0 Å². The van der Waals surface area contributed by atoms with Gasteiger partial charge in [-0.1, -0.05) is 24.3 Å². The van der Waals surface area contributed by atoms with Gasteiger partial charge in [0.15, 0.2) is 0 Å². The van der Waals surface area contributed by atoms with Gasteiger partial charge in [-0.15, -0.1) is 4.80 Å². The highest BCUT2D eigenvalue weighted by atomic mass is 32.2. The molecule has 0 saturated carbocycles. The third-order valence-electron chi connectivity index (χ3n) is 3.51. The maximum Gasteiger partial charge on any atom is 0.341 e. The molecule has 0 aliphatic heterocycles. The van der Waals surface area contributed by atoms with Crippen molar-refractivity contribution in [2.75, 3.05) is 5.32 Å². The van der Waals surface area contributed by atoms with Crippen LogP contribution in [0.15, 0.2) is 65.8 Å². The number of rotatable bonds is 6. The molecule has 1 heterocycles. The molecular formula is C16H14F2N4O2S. The number of halogens is 2. The molecule has 0 radical (unpaired) electrons. The van der Waals surface area contributed by atoms with E-state index in [0.717, 1.165) is 16.9 Å². The van der Waals surface area contributed by atoms with Crippen molar-refractivity contribution in [2.24, 2.45) is 0 Å². The second-order valence-electron chi connectivity index (χ2n) is 5.14. The first-order chi connectivity index (χ1) is 12.0. The summed E-state index contributed by atoms with van der Waals surface area (Å²) >= 11 is 0. The fourth-order valence-corrected chi connectivity index (χ4v) is 2.96. The molecule has 0 bridgehead atoms. The lowest BCUT2D eigenvalue weighted by Crippen LogP contribution is -2.11. The summed E-state index contributed by atoms with van der Waals surface area (Å²) in [4.78, 5) is 1.08. The highest BCUT2D eigenvalue weighted by molar-refractivity contribution is 7.91. The molecule has 0 saturated heterocycles. The van der Waals surface area contributed by atoms with Crippen molar-refractivity contribution >= 4 is 15.5 Å². The van der Waals surface area contributed by atoms with E-state index in [2.05, 4.69) is 15.5 Å². The molecule has 130 valence electrons. The molecule has 6 nitrogen and oxygen atoms in total. The van der Waals surface area contributed by atoms with E-state index in [-0.39, 0.29) is 0 Å². The number of nitrogens with zero attached hydrogens (tertiary/aromatic N) is 3. The van der Waals surface area contributed by atoms with Crippen molar-refractivity contribution in [1.82, 2.24) is 15.0 Å². The zero-order chi connectivity index (χ0) is 17.9. The Kier molecular flexibility index (Phi) is 4.75. The Hall–Kier alpha value is -2.81. The molecule has 3 rings (SSSR count). The Morgan fingerprint density at radius 1 is 1.00 bits per heavy atom. The van der Waals surface area contributed by atoms with Crippen molar-refractivity contribution < 1.29 is 17.2 Å². The molecule has 0 aliphatic rings. The van der Waals surface area contributed by atoms with Gasteiger partial charge in [-0.3, -0.25) is 0 Å². The number of sulfone groups is 1. The van der Waals surface area contributed by atoms with Crippen molar-refractivity contribution in [2.45, 2.75) is 17.2 Å². The van der Waals surface area contributed by atoms with Gasteiger partial charge in [-0.05, 0) is 29.8 Å². The molecule has 2 aromatic carbocycles. The second-order valence-corrected chi connectivity index (χ2v) is 7.06. The maximum absolute atomic E-state index is 12.5. The SMILES string of the molecule is O=S(=O)(c1ccc(CNc2ccccc2-n2nccn2)cc1)C(F)F. The summed E-state index contributed by atoms with van der Waals surface area (Å²) in [5.41, 5.74) is 2.28. The molecule has 0 unspecified atom stereocenters. The standard InChI is InChI=1S/C16H14F2N4O2S/c17-16(18)25(23,24)13-7-5-12(6-8-13)11-19-14-3-1-2-4-15(14)22-20-9-10-21-22/h1-10,16,19H,11H2. The number of anilines is 1. The van der Waals surface area contributed by atoms with Crippen molar-refractivity contribution in [3.8, 4) is 5.69 Å². The zero-order valence-electron chi connectivity index (χ0n) is 12.9. The first kappa shape index (κ1) is 17.0. The highest BCUT2D eigenvalue weighted by Crippen LogP contribution is 2.21. The van der Waals surface area contributed by atoms with E-state index in [9.17, 15) is 17.2 Å². The van der Waals surface area contributed by atoms with Gasteiger partial charge in [0.1, 0.15) is 5.69 Å². The molecule has 0 atom stereocenters. The van der Waals surface area contributed by atoms with E-state index in [1.54, 1.807) is 12.4 Å². The fourth-order valence-electron chi connectivity index (χ4n) is 2.23. The Balaban J connectivity index is 1.75. The summed E-state index contributed by atoms with van der Waals surface area (Å²) < 4.78 is 47.9. The van der Waals surface area contributed by atoms with Crippen molar-refractivity contribution in [1.29, 1.82) is 0 Å². The van der Waals surface area contributed by atoms with Crippen LogP contribution in [0.4, 0.5) is 14.5 Å². The zero-order valence-corrected chi connectivity index (χ0v) is 13.7. The summed E-state index contributed by atoms with van der Waals surface area (Å²) in [6, 6.07) is 12.8. The Morgan fingerprint density at radius 2 is 1.64 bits per heavy atom. The normalized spacial score (nSPS) is 11.6. The lowest BCUT2D eigenvalue weighted by Gasteiger charge is -2.11. The fraction of sp³-hybridized carbons (Fsp3) is 0.125. The smallest absolute Gasteiger partial charge is 0.341 e. The van der Waals surface area contributed by atoms with Gasteiger partial charge < -0.3 is 5.32 Å². The van der Waals surface area contributed by atoms with E-state index < -0.39 is 20.5 Å². The van der Waals surface area contributed by atoms with Gasteiger partial charge in [0.25, 0.3) is 0 Å². The Labute approximate surface area is 143 Å². The van der Waals surface area contributed by atoms with Gasteiger partial charge in [-0.25, -0.2) is 8.42 Å². The van der Waals surface area contributed by atoms with Crippen LogP contribution in [-0.2, 0) is 16.4 Å². The van der Waals surface area contributed by atoms with Gasteiger partial charge in [-0.2, -0.15) is 19.0 Å².